The van der Waals surface area contributed by atoms with Gasteiger partial charge in [-0.1, -0.05) is 40.0 Å². The maximum atomic E-state index is 5.67. The van der Waals surface area contributed by atoms with Crippen LogP contribution in [-0.2, 0) is 11.4 Å². The van der Waals surface area contributed by atoms with Gasteiger partial charge in [0, 0.05) is 19.8 Å². The predicted molar refractivity (Wildman–Crippen MR) is 75.5 cm³/mol. The summed E-state index contributed by atoms with van der Waals surface area (Å²) in [6, 6.07) is 0. The molecular weight excluding hydrogens is 226 g/mol. The molecule has 0 aromatic heterocycles. The summed E-state index contributed by atoms with van der Waals surface area (Å²) in [5, 5.41) is 0. The molecule has 0 aromatic carbocycles. The van der Waals surface area contributed by atoms with Gasteiger partial charge in [0.15, 0.2) is 0 Å². The molecule has 0 aliphatic carbocycles. The molecule has 0 aromatic rings. The Labute approximate surface area is 124 Å². The van der Waals surface area contributed by atoms with Gasteiger partial charge in [-0.15, -0.1) is 0 Å². The predicted octanol–water partition coefficient (Wildman–Crippen LogP) is 2.77. The van der Waals surface area contributed by atoms with Crippen LogP contribution in [0.25, 0.3) is 0 Å². The summed E-state index contributed by atoms with van der Waals surface area (Å²) >= 11 is -1.83. The first kappa shape index (κ1) is 20.3. The molecule has 0 bridgehead atoms. The molecule has 17 heavy (non-hydrogen) atoms. The van der Waals surface area contributed by atoms with Gasteiger partial charge >= 0.3 is 34.0 Å². The number of hydrogen-bond donors (Lipinski definition) is 0. The fourth-order valence-electron chi connectivity index (χ4n) is 1.12. The van der Waals surface area contributed by atoms with Gasteiger partial charge in [-0.25, -0.2) is 0 Å². The molecular formula is C12H28AlLiO3. The Hall–Kier alpha value is 1.01. The third-order valence-corrected chi connectivity index (χ3v) is 3.78. The molecule has 0 saturated heterocycles. The maximum absolute atomic E-state index is 5.67. The van der Waals surface area contributed by atoms with Crippen LogP contribution in [-0.4, -0.2) is 53.8 Å². The zero-order valence-electron chi connectivity index (χ0n) is 11.2. The van der Waals surface area contributed by atoms with Gasteiger partial charge < -0.3 is 11.4 Å². The molecule has 98 valence electrons. The normalized spacial score (nSPS) is 10.1. The van der Waals surface area contributed by atoms with Crippen molar-refractivity contribution in [3.63, 3.8) is 0 Å². The number of unbranched alkanes of at least 4 members (excludes halogenated alkanes) is 3. The van der Waals surface area contributed by atoms with Crippen molar-refractivity contribution in [3.8, 4) is 0 Å². The Morgan fingerprint density at radius 3 is 1.18 bits per heavy atom. The topological polar surface area (TPSA) is 27.7 Å². The molecule has 0 N–H and O–H groups in total. The van der Waals surface area contributed by atoms with Gasteiger partial charge in [-0.2, -0.15) is 0 Å². The molecule has 0 radical (unpaired) electrons. The molecule has 0 spiro atoms. The van der Waals surface area contributed by atoms with Gasteiger partial charge in [0.2, 0.25) is 0 Å². The summed E-state index contributed by atoms with van der Waals surface area (Å²) in [4.78, 5) is 0. The Morgan fingerprint density at radius 1 is 0.647 bits per heavy atom. The molecule has 0 aliphatic rings. The summed E-state index contributed by atoms with van der Waals surface area (Å²) in [6.07, 6.45) is 6.76. The van der Waals surface area contributed by atoms with Crippen LogP contribution in [0.15, 0.2) is 0 Å². The fourth-order valence-corrected chi connectivity index (χ4v) is 2.48. The Morgan fingerprint density at radius 2 is 0.941 bits per heavy atom. The third kappa shape index (κ3) is 15.0. The molecule has 3 nitrogen and oxygen atoms in total. The SMILES string of the molecule is CCCC[O][Al]([O]CCCC)[O]CCCC.[LiH]. The van der Waals surface area contributed by atoms with Crippen LogP contribution in [0.4, 0.5) is 0 Å². The van der Waals surface area contributed by atoms with Crippen LogP contribution in [0.1, 0.15) is 59.3 Å². The molecule has 0 unspecified atom stereocenters. The monoisotopic (exact) mass is 254 g/mol. The van der Waals surface area contributed by atoms with Crippen molar-refractivity contribution in [1.29, 1.82) is 0 Å². The Bertz CT molecular complexity index is 115. The van der Waals surface area contributed by atoms with Gasteiger partial charge in [0.1, 0.15) is 0 Å². The van der Waals surface area contributed by atoms with Crippen molar-refractivity contribution in [1.82, 2.24) is 0 Å². The number of hydrogen-bond acceptors (Lipinski definition) is 3. The average Bonchev–Trinajstić information content (AvgIpc) is 2.29. The van der Waals surface area contributed by atoms with E-state index in [1.807, 2.05) is 0 Å². The molecule has 0 amide bonds. The van der Waals surface area contributed by atoms with Gasteiger partial charge in [-0.05, 0) is 19.3 Å². The second-order valence-corrected chi connectivity index (χ2v) is 5.54. The summed E-state index contributed by atoms with van der Waals surface area (Å²) in [5.74, 6) is 0. The Kier molecular flexibility index (Phi) is 20.3. The van der Waals surface area contributed by atoms with E-state index in [0.717, 1.165) is 58.3 Å². The minimum atomic E-state index is -1.83. The standard InChI is InChI=1S/3C4H9O.Al.Li.H/c3*1-2-3-4-5;;;/h3*2-4H2,1H3;;;/q3*-1;+3;;. The van der Waals surface area contributed by atoms with Crippen LogP contribution < -0.4 is 0 Å². The third-order valence-electron chi connectivity index (χ3n) is 2.26. The van der Waals surface area contributed by atoms with Crippen LogP contribution in [0, 0.1) is 0 Å². The van der Waals surface area contributed by atoms with E-state index in [9.17, 15) is 0 Å². The van der Waals surface area contributed by atoms with E-state index in [1.165, 1.54) is 0 Å². The van der Waals surface area contributed by atoms with Crippen molar-refractivity contribution >= 4 is 34.0 Å². The minimum absolute atomic E-state index is 0. The van der Waals surface area contributed by atoms with Crippen molar-refractivity contribution in [3.05, 3.63) is 0 Å². The first-order chi connectivity index (χ1) is 7.85. The summed E-state index contributed by atoms with van der Waals surface area (Å²) in [7, 11) is 0. The summed E-state index contributed by atoms with van der Waals surface area (Å²) in [6.45, 7) is 8.84. The van der Waals surface area contributed by atoms with Crippen LogP contribution >= 0.6 is 0 Å². The average molecular weight is 254 g/mol. The van der Waals surface area contributed by atoms with E-state index in [1.54, 1.807) is 0 Å². The second-order valence-electron chi connectivity index (χ2n) is 3.96. The van der Waals surface area contributed by atoms with E-state index in [4.69, 9.17) is 11.4 Å². The van der Waals surface area contributed by atoms with E-state index in [0.29, 0.717) is 0 Å². The van der Waals surface area contributed by atoms with Crippen molar-refractivity contribution < 1.29 is 11.4 Å². The van der Waals surface area contributed by atoms with Gasteiger partial charge in [0.25, 0.3) is 0 Å². The molecule has 0 fully saturated rings. The second kappa shape index (κ2) is 17.0. The van der Waals surface area contributed by atoms with E-state index in [2.05, 4.69) is 20.8 Å². The Balaban J connectivity index is 0. The quantitative estimate of drug-likeness (QED) is 0.396. The first-order valence-corrected chi connectivity index (χ1v) is 8.11. The van der Waals surface area contributed by atoms with Crippen molar-refractivity contribution in [2.45, 2.75) is 59.3 Å². The molecule has 0 atom stereocenters. The van der Waals surface area contributed by atoms with E-state index >= 15 is 0 Å². The van der Waals surface area contributed by atoms with Gasteiger partial charge in [0.05, 0.1) is 0 Å². The van der Waals surface area contributed by atoms with E-state index in [-0.39, 0.29) is 18.9 Å². The van der Waals surface area contributed by atoms with E-state index < -0.39 is 15.1 Å². The van der Waals surface area contributed by atoms with Crippen LogP contribution in [0.3, 0.4) is 0 Å². The molecule has 0 rings (SSSR count). The zero-order chi connectivity index (χ0) is 12.1. The van der Waals surface area contributed by atoms with Crippen LogP contribution in [0.2, 0.25) is 0 Å². The van der Waals surface area contributed by atoms with Crippen LogP contribution in [0.5, 0.6) is 0 Å². The van der Waals surface area contributed by atoms with Crippen molar-refractivity contribution in [2.24, 2.45) is 0 Å². The molecule has 5 heteroatoms. The zero-order valence-corrected chi connectivity index (χ0v) is 12.3. The summed E-state index contributed by atoms with van der Waals surface area (Å²) < 4.78 is 17.0. The summed E-state index contributed by atoms with van der Waals surface area (Å²) in [5.41, 5.74) is 0. The molecule has 0 heterocycles. The molecule has 0 aliphatic heterocycles. The van der Waals surface area contributed by atoms with Gasteiger partial charge in [-0.3, -0.25) is 0 Å². The first-order valence-electron chi connectivity index (χ1n) is 6.69. The molecule has 0 saturated carbocycles. The van der Waals surface area contributed by atoms with Crippen molar-refractivity contribution in [2.75, 3.05) is 19.8 Å². The fraction of sp³-hybridized carbons (Fsp3) is 1.00. The number of rotatable bonds is 12.